The smallest absolute Gasteiger partial charge is 0.381 e. The first-order valence-corrected chi connectivity index (χ1v) is 4.59. The highest BCUT2D eigenvalue weighted by Crippen LogP contribution is 2.36. The van der Waals surface area contributed by atoms with Crippen molar-refractivity contribution >= 4 is 0 Å². The lowest BCUT2D eigenvalue weighted by molar-refractivity contribution is -0.184. The molecule has 3 nitrogen and oxygen atoms in total. The van der Waals surface area contributed by atoms with Crippen LogP contribution >= 0.6 is 0 Å². The summed E-state index contributed by atoms with van der Waals surface area (Å²) in [5.41, 5.74) is 0. The summed E-state index contributed by atoms with van der Waals surface area (Å²) in [7, 11) is 0. The van der Waals surface area contributed by atoms with Gasteiger partial charge in [0, 0.05) is 25.6 Å². The zero-order valence-electron chi connectivity index (χ0n) is 8.05. The van der Waals surface area contributed by atoms with E-state index in [0.717, 1.165) is 0 Å². The number of nitrogens with zero attached hydrogens (tertiary/aromatic N) is 1. The molecule has 0 aromatic carbocycles. The minimum atomic E-state index is -4.17. The Morgan fingerprint density at radius 1 is 1.43 bits per heavy atom. The van der Waals surface area contributed by atoms with Gasteiger partial charge >= 0.3 is 6.18 Å². The van der Waals surface area contributed by atoms with Gasteiger partial charge in [-0.1, -0.05) is 0 Å². The number of hydrogen-bond acceptors (Lipinski definition) is 3. The van der Waals surface area contributed by atoms with Crippen molar-refractivity contribution in [2.24, 2.45) is 17.7 Å². The van der Waals surface area contributed by atoms with E-state index in [-0.39, 0.29) is 19.7 Å². The average Bonchev–Trinajstić information content (AvgIpc) is 2.42. The molecule has 1 rings (SSSR count). The van der Waals surface area contributed by atoms with E-state index in [4.69, 9.17) is 10.6 Å². The van der Waals surface area contributed by atoms with E-state index in [1.54, 1.807) is 6.92 Å². The fourth-order valence-electron chi connectivity index (χ4n) is 1.71. The molecule has 14 heavy (non-hydrogen) atoms. The maximum Gasteiger partial charge on any atom is 0.393 e. The molecular weight excluding hydrogens is 197 g/mol. The largest absolute Gasteiger partial charge is 0.393 e. The van der Waals surface area contributed by atoms with Crippen molar-refractivity contribution < 1.29 is 17.9 Å². The fraction of sp³-hybridized carbons (Fsp3) is 1.00. The molecule has 0 bridgehead atoms. The Bertz CT molecular complexity index is 186. The Hall–Kier alpha value is -0.330. The van der Waals surface area contributed by atoms with Gasteiger partial charge in [0.25, 0.3) is 0 Å². The molecule has 2 unspecified atom stereocenters. The highest BCUT2D eigenvalue weighted by atomic mass is 19.4. The van der Waals surface area contributed by atoms with Gasteiger partial charge in [0.05, 0.1) is 12.5 Å². The summed E-state index contributed by atoms with van der Waals surface area (Å²) < 4.78 is 42.4. The van der Waals surface area contributed by atoms with Crippen molar-refractivity contribution in [1.82, 2.24) is 5.01 Å². The second-order valence-corrected chi connectivity index (χ2v) is 3.52. The highest BCUT2D eigenvalue weighted by molar-refractivity contribution is 4.85. The highest BCUT2D eigenvalue weighted by Gasteiger charge is 2.49. The number of nitrogens with two attached hydrogens (primary N) is 1. The predicted octanol–water partition coefficient (Wildman–Crippen LogP) is 1.01. The van der Waals surface area contributed by atoms with Gasteiger partial charge in [0.15, 0.2) is 0 Å². The van der Waals surface area contributed by atoms with E-state index < -0.39 is 18.0 Å². The minimum Gasteiger partial charge on any atom is -0.381 e. The van der Waals surface area contributed by atoms with E-state index in [9.17, 15) is 13.2 Å². The molecule has 2 N–H and O–H groups in total. The Kier molecular flexibility index (Phi) is 3.74. The summed E-state index contributed by atoms with van der Waals surface area (Å²) in [4.78, 5) is 0. The van der Waals surface area contributed by atoms with Gasteiger partial charge in [0.2, 0.25) is 0 Å². The Balaban J connectivity index is 2.54. The van der Waals surface area contributed by atoms with Crippen LogP contribution in [0.15, 0.2) is 0 Å². The molecule has 0 spiro atoms. The van der Waals surface area contributed by atoms with Crippen LogP contribution in [0.3, 0.4) is 0 Å². The van der Waals surface area contributed by atoms with Crippen molar-refractivity contribution in [3.63, 3.8) is 0 Å². The zero-order valence-corrected chi connectivity index (χ0v) is 8.05. The maximum absolute atomic E-state index is 12.5. The van der Waals surface area contributed by atoms with Gasteiger partial charge < -0.3 is 4.74 Å². The number of alkyl halides is 3. The summed E-state index contributed by atoms with van der Waals surface area (Å²) in [5.74, 6) is 3.49. The molecule has 0 radical (unpaired) electrons. The summed E-state index contributed by atoms with van der Waals surface area (Å²) in [6.07, 6.45) is -4.17. The molecule has 1 fully saturated rings. The molecule has 0 saturated carbocycles. The van der Waals surface area contributed by atoms with Crippen molar-refractivity contribution in [2.75, 3.05) is 26.3 Å². The van der Waals surface area contributed by atoms with Crippen LogP contribution in [0, 0.1) is 11.8 Å². The summed E-state index contributed by atoms with van der Waals surface area (Å²) in [6, 6.07) is 0. The van der Waals surface area contributed by atoms with Gasteiger partial charge in [-0.15, -0.1) is 0 Å². The third kappa shape index (κ3) is 2.83. The molecule has 0 aliphatic carbocycles. The molecule has 84 valence electrons. The lowest BCUT2D eigenvalue weighted by Gasteiger charge is -2.20. The predicted molar refractivity (Wildman–Crippen MR) is 45.3 cm³/mol. The van der Waals surface area contributed by atoms with Gasteiger partial charge in [-0.25, -0.2) is 5.01 Å². The molecule has 6 heteroatoms. The Morgan fingerprint density at radius 2 is 2.07 bits per heavy atom. The SMILES string of the molecule is CCOCC1CN(N)CC1C(F)(F)F. The van der Waals surface area contributed by atoms with Crippen LogP contribution in [0.1, 0.15) is 6.92 Å². The van der Waals surface area contributed by atoms with E-state index >= 15 is 0 Å². The zero-order chi connectivity index (χ0) is 10.8. The summed E-state index contributed by atoms with van der Waals surface area (Å²) in [5, 5.41) is 1.21. The average molecular weight is 212 g/mol. The van der Waals surface area contributed by atoms with Crippen LogP contribution in [0.5, 0.6) is 0 Å². The van der Waals surface area contributed by atoms with Crippen LogP contribution in [0.4, 0.5) is 13.2 Å². The van der Waals surface area contributed by atoms with E-state index in [1.165, 1.54) is 5.01 Å². The fourth-order valence-corrected chi connectivity index (χ4v) is 1.71. The second-order valence-electron chi connectivity index (χ2n) is 3.52. The topological polar surface area (TPSA) is 38.5 Å². The van der Waals surface area contributed by atoms with Gasteiger partial charge in [0.1, 0.15) is 0 Å². The van der Waals surface area contributed by atoms with Crippen molar-refractivity contribution in [2.45, 2.75) is 13.1 Å². The number of rotatable bonds is 3. The summed E-state index contributed by atoms with van der Waals surface area (Å²) >= 11 is 0. The van der Waals surface area contributed by atoms with Crippen LogP contribution in [-0.2, 0) is 4.74 Å². The molecular formula is C8H15F3N2O. The molecule has 2 atom stereocenters. The summed E-state index contributed by atoms with van der Waals surface area (Å²) in [6.45, 7) is 2.46. The Morgan fingerprint density at radius 3 is 2.57 bits per heavy atom. The number of hydrazine groups is 1. The molecule has 0 amide bonds. The third-order valence-corrected chi connectivity index (χ3v) is 2.43. The quantitative estimate of drug-likeness (QED) is 0.709. The lowest BCUT2D eigenvalue weighted by atomic mass is 9.96. The second kappa shape index (κ2) is 4.46. The van der Waals surface area contributed by atoms with Crippen LogP contribution in [0.25, 0.3) is 0 Å². The third-order valence-electron chi connectivity index (χ3n) is 2.43. The number of ether oxygens (including phenoxy) is 1. The first kappa shape index (κ1) is 11.7. The van der Waals surface area contributed by atoms with Crippen molar-refractivity contribution in [3.05, 3.63) is 0 Å². The van der Waals surface area contributed by atoms with Crippen molar-refractivity contribution in [3.8, 4) is 0 Å². The van der Waals surface area contributed by atoms with E-state index in [1.807, 2.05) is 0 Å². The number of hydrogen-bond donors (Lipinski definition) is 1. The van der Waals surface area contributed by atoms with Crippen LogP contribution < -0.4 is 5.84 Å². The molecule has 1 aliphatic heterocycles. The first-order chi connectivity index (χ1) is 6.45. The standard InChI is InChI=1S/C8H15F3N2O/c1-2-14-5-6-3-13(12)4-7(6)8(9,10)11/h6-7H,2-5,12H2,1H3. The van der Waals surface area contributed by atoms with Gasteiger partial charge in [-0.05, 0) is 6.92 Å². The minimum absolute atomic E-state index is 0.124. The molecule has 1 saturated heterocycles. The molecule has 1 heterocycles. The van der Waals surface area contributed by atoms with Crippen LogP contribution in [0.2, 0.25) is 0 Å². The lowest BCUT2D eigenvalue weighted by Crippen LogP contribution is -2.33. The number of halogens is 3. The van der Waals surface area contributed by atoms with Gasteiger partial charge in [-0.3, -0.25) is 5.84 Å². The monoisotopic (exact) mass is 212 g/mol. The van der Waals surface area contributed by atoms with E-state index in [0.29, 0.717) is 6.61 Å². The Labute approximate surface area is 81.0 Å². The first-order valence-electron chi connectivity index (χ1n) is 4.59. The maximum atomic E-state index is 12.5. The van der Waals surface area contributed by atoms with Gasteiger partial charge in [-0.2, -0.15) is 13.2 Å². The molecule has 1 aliphatic rings. The van der Waals surface area contributed by atoms with E-state index in [2.05, 4.69) is 0 Å². The van der Waals surface area contributed by atoms with Crippen LogP contribution in [-0.4, -0.2) is 37.5 Å². The normalized spacial score (nSPS) is 29.8. The molecule has 0 aromatic heterocycles. The molecule has 0 aromatic rings. The van der Waals surface area contributed by atoms with Crippen molar-refractivity contribution in [1.29, 1.82) is 0 Å².